The summed E-state index contributed by atoms with van der Waals surface area (Å²) in [4.78, 5) is 13.5. The van der Waals surface area contributed by atoms with E-state index in [0.29, 0.717) is 30.2 Å². The number of amides is 1. The quantitative estimate of drug-likeness (QED) is 0.744. The number of benzene rings is 2. The van der Waals surface area contributed by atoms with E-state index in [-0.39, 0.29) is 6.04 Å². The Kier molecular flexibility index (Phi) is 5.21. The molecule has 6 heteroatoms. The lowest BCUT2D eigenvalue weighted by Crippen LogP contribution is -2.35. The van der Waals surface area contributed by atoms with Gasteiger partial charge in [-0.2, -0.15) is 0 Å². The minimum Gasteiger partial charge on any atom is -0.497 e. The van der Waals surface area contributed by atoms with E-state index in [2.05, 4.69) is 0 Å². The topological polar surface area (TPSA) is 57.2 Å². The van der Waals surface area contributed by atoms with Crippen molar-refractivity contribution >= 4 is 6.41 Å². The average Bonchev–Trinajstić information content (AvgIpc) is 2.71. The monoisotopic (exact) mass is 357 g/mol. The zero-order chi connectivity index (χ0) is 18.7. The van der Waals surface area contributed by atoms with E-state index in [0.717, 1.165) is 28.8 Å². The Hall–Kier alpha value is -2.89. The molecule has 1 heterocycles. The molecule has 0 aliphatic carbocycles. The van der Waals surface area contributed by atoms with Crippen LogP contribution in [0.5, 0.6) is 23.0 Å². The van der Waals surface area contributed by atoms with E-state index in [4.69, 9.17) is 18.9 Å². The van der Waals surface area contributed by atoms with Gasteiger partial charge in [0, 0.05) is 18.2 Å². The average molecular weight is 357 g/mol. The number of nitrogens with zero attached hydrogens (tertiary/aromatic N) is 1. The second kappa shape index (κ2) is 7.56. The van der Waals surface area contributed by atoms with Crippen molar-refractivity contribution in [1.29, 1.82) is 0 Å². The zero-order valence-corrected chi connectivity index (χ0v) is 15.4. The molecule has 1 unspecified atom stereocenters. The molecule has 0 saturated heterocycles. The minimum atomic E-state index is -0.250. The van der Waals surface area contributed by atoms with Gasteiger partial charge in [0.05, 0.1) is 34.5 Å². The molecule has 138 valence electrons. The molecule has 0 aromatic heterocycles. The first kappa shape index (κ1) is 17.9. The molecule has 26 heavy (non-hydrogen) atoms. The molecule has 1 atom stereocenters. The summed E-state index contributed by atoms with van der Waals surface area (Å²) in [5.74, 6) is 2.76. The first-order chi connectivity index (χ1) is 12.7. The molecule has 2 aromatic rings. The van der Waals surface area contributed by atoms with Gasteiger partial charge in [-0.3, -0.25) is 4.79 Å². The fourth-order valence-electron chi connectivity index (χ4n) is 3.54. The largest absolute Gasteiger partial charge is 0.497 e. The summed E-state index contributed by atoms with van der Waals surface area (Å²) >= 11 is 0. The molecule has 0 radical (unpaired) electrons. The van der Waals surface area contributed by atoms with Crippen LogP contribution in [-0.2, 0) is 11.2 Å². The third-order valence-corrected chi connectivity index (χ3v) is 4.76. The van der Waals surface area contributed by atoms with E-state index in [1.54, 1.807) is 33.3 Å². The van der Waals surface area contributed by atoms with Crippen molar-refractivity contribution in [3.63, 3.8) is 0 Å². The van der Waals surface area contributed by atoms with E-state index in [9.17, 15) is 4.79 Å². The number of hydrogen-bond acceptors (Lipinski definition) is 5. The molecule has 3 rings (SSSR count). The van der Waals surface area contributed by atoms with Crippen LogP contribution < -0.4 is 18.9 Å². The van der Waals surface area contributed by atoms with Crippen molar-refractivity contribution in [1.82, 2.24) is 4.90 Å². The van der Waals surface area contributed by atoms with Crippen LogP contribution in [0.1, 0.15) is 22.7 Å². The second-order valence-corrected chi connectivity index (χ2v) is 6.01. The fraction of sp³-hybridized carbons (Fsp3) is 0.350. The molecule has 6 nitrogen and oxygen atoms in total. The van der Waals surface area contributed by atoms with Crippen LogP contribution in [0.3, 0.4) is 0 Å². The molecule has 1 aliphatic heterocycles. The Morgan fingerprint density at radius 2 is 1.65 bits per heavy atom. The first-order valence-corrected chi connectivity index (χ1v) is 8.34. The third kappa shape index (κ3) is 3.03. The summed E-state index contributed by atoms with van der Waals surface area (Å²) in [6.45, 7) is 0.588. The maximum absolute atomic E-state index is 11.7. The highest BCUT2D eigenvalue weighted by Crippen LogP contribution is 2.43. The molecule has 1 aliphatic rings. The van der Waals surface area contributed by atoms with E-state index in [1.165, 1.54) is 0 Å². The smallest absolute Gasteiger partial charge is 0.210 e. The Morgan fingerprint density at radius 1 is 0.962 bits per heavy atom. The number of carbonyl (C=O) groups is 1. The maximum atomic E-state index is 11.7. The van der Waals surface area contributed by atoms with Crippen LogP contribution in [0.15, 0.2) is 30.3 Å². The molecular formula is C20H23NO5. The highest BCUT2D eigenvalue weighted by molar-refractivity contribution is 5.60. The molecule has 0 spiro atoms. The molecule has 0 N–H and O–H groups in total. The molecule has 1 amide bonds. The van der Waals surface area contributed by atoms with Crippen molar-refractivity contribution in [3.8, 4) is 23.0 Å². The van der Waals surface area contributed by atoms with Crippen molar-refractivity contribution in [3.05, 3.63) is 47.0 Å². The van der Waals surface area contributed by atoms with Gasteiger partial charge >= 0.3 is 0 Å². The predicted octanol–water partition coefficient (Wildman–Crippen LogP) is 2.82. The van der Waals surface area contributed by atoms with Crippen LogP contribution in [0.25, 0.3) is 0 Å². The minimum absolute atomic E-state index is 0.250. The van der Waals surface area contributed by atoms with Gasteiger partial charge in [-0.15, -0.1) is 0 Å². The van der Waals surface area contributed by atoms with Gasteiger partial charge in [0.15, 0.2) is 11.5 Å². The Bertz CT molecular complexity index is 783. The van der Waals surface area contributed by atoms with Gasteiger partial charge in [-0.05, 0) is 35.7 Å². The number of methoxy groups -OCH3 is 4. The fourth-order valence-corrected chi connectivity index (χ4v) is 3.54. The van der Waals surface area contributed by atoms with Crippen molar-refractivity contribution in [2.45, 2.75) is 12.5 Å². The van der Waals surface area contributed by atoms with E-state index >= 15 is 0 Å². The predicted molar refractivity (Wildman–Crippen MR) is 97.4 cm³/mol. The first-order valence-electron chi connectivity index (χ1n) is 8.34. The molecular weight excluding hydrogens is 334 g/mol. The van der Waals surface area contributed by atoms with Crippen LogP contribution in [0.2, 0.25) is 0 Å². The van der Waals surface area contributed by atoms with Crippen molar-refractivity contribution < 1.29 is 23.7 Å². The summed E-state index contributed by atoms with van der Waals surface area (Å²) in [5, 5.41) is 0. The lowest BCUT2D eigenvalue weighted by atomic mass is 9.87. The Morgan fingerprint density at radius 3 is 2.19 bits per heavy atom. The maximum Gasteiger partial charge on any atom is 0.210 e. The zero-order valence-electron chi connectivity index (χ0n) is 15.4. The van der Waals surface area contributed by atoms with Gasteiger partial charge < -0.3 is 23.8 Å². The Balaban J connectivity index is 2.19. The van der Waals surface area contributed by atoms with Crippen LogP contribution in [-0.4, -0.2) is 46.3 Å². The highest BCUT2D eigenvalue weighted by atomic mass is 16.5. The summed E-state index contributed by atoms with van der Waals surface area (Å²) in [6, 6.07) is 9.28. The molecule has 2 aromatic carbocycles. The summed E-state index contributed by atoms with van der Waals surface area (Å²) in [5.41, 5.74) is 2.98. The summed E-state index contributed by atoms with van der Waals surface area (Å²) < 4.78 is 21.8. The van der Waals surface area contributed by atoms with Crippen LogP contribution in [0, 0.1) is 0 Å². The number of hydrogen-bond donors (Lipinski definition) is 0. The summed E-state index contributed by atoms with van der Waals surface area (Å²) in [7, 11) is 6.47. The normalized spacial score (nSPS) is 15.8. The van der Waals surface area contributed by atoms with Crippen LogP contribution >= 0.6 is 0 Å². The number of ether oxygens (including phenoxy) is 4. The highest BCUT2D eigenvalue weighted by Gasteiger charge is 2.31. The number of carbonyl (C=O) groups excluding carboxylic acids is 1. The van der Waals surface area contributed by atoms with E-state index < -0.39 is 0 Å². The van der Waals surface area contributed by atoms with Crippen LogP contribution in [0.4, 0.5) is 0 Å². The van der Waals surface area contributed by atoms with Gasteiger partial charge in [0.2, 0.25) is 6.41 Å². The third-order valence-electron chi connectivity index (χ3n) is 4.76. The lowest BCUT2D eigenvalue weighted by Gasteiger charge is -2.36. The van der Waals surface area contributed by atoms with Crippen molar-refractivity contribution in [2.24, 2.45) is 0 Å². The summed E-state index contributed by atoms with van der Waals surface area (Å²) in [6.07, 6.45) is 1.59. The van der Waals surface area contributed by atoms with Gasteiger partial charge in [-0.25, -0.2) is 0 Å². The van der Waals surface area contributed by atoms with Gasteiger partial charge in [0.25, 0.3) is 0 Å². The molecule has 0 fully saturated rings. The molecule has 0 saturated carbocycles. The van der Waals surface area contributed by atoms with Gasteiger partial charge in [0.1, 0.15) is 11.5 Å². The second-order valence-electron chi connectivity index (χ2n) is 6.01. The molecule has 0 bridgehead atoms. The number of fused-ring (bicyclic) bond motifs is 1. The standard InChI is InChI=1S/C20H23NO5/c1-23-14-9-13(10-15(11-14)24-2)19-16-5-6-18(25-3)20(26-4)17(16)7-8-21(19)12-22/h5-6,9-12,19H,7-8H2,1-4H3. The van der Waals surface area contributed by atoms with Gasteiger partial charge in [-0.1, -0.05) is 6.07 Å². The number of rotatable bonds is 6. The Labute approximate surface area is 153 Å². The lowest BCUT2D eigenvalue weighted by molar-refractivity contribution is -0.120. The van der Waals surface area contributed by atoms with E-state index in [1.807, 2.05) is 30.3 Å². The SMILES string of the molecule is COc1cc(OC)cc(C2c3ccc(OC)c(OC)c3CCN2C=O)c1. The van der Waals surface area contributed by atoms with Crippen molar-refractivity contribution in [2.75, 3.05) is 35.0 Å².